The lowest BCUT2D eigenvalue weighted by Gasteiger charge is -2.11. The van der Waals surface area contributed by atoms with Crippen LogP contribution in [0.3, 0.4) is 0 Å². The van der Waals surface area contributed by atoms with E-state index in [4.69, 9.17) is 5.73 Å². The Bertz CT molecular complexity index is 319. The average molecular weight is 206 g/mol. The van der Waals surface area contributed by atoms with Gasteiger partial charge in [0.15, 0.2) is 0 Å². The van der Waals surface area contributed by atoms with Gasteiger partial charge in [-0.25, -0.2) is 0 Å². The van der Waals surface area contributed by atoms with Crippen molar-refractivity contribution in [1.29, 1.82) is 0 Å². The van der Waals surface area contributed by atoms with E-state index in [1.54, 1.807) is 0 Å². The fourth-order valence-electron chi connectivity index (χ4n) is 1.26. The Morgan fingerprint density at radius 3 is 2.47 bits per heavy atom. The summed E-state index contributed by atoms with van der Waals surface area (Å²) in [5.41, 5.74) is 7.35. The Morgan fingerprint density at radius 1 is 1.40 bits per heavy atom. The van der Waals surface area contributed by atoms with Crippen molar-refractivity contribution in [2.75, 3.05) is 6.54 Å². The first-order valence-corrected chi connectivity index (χ1v) is 5.27. The maximum absolute atomic E-state index is 11.6. The second-order valence-corrected chi connectivity index (χ2v) is 3.66. The maximum atomic E-state index is 11.6. The number of aryl methyl sites for hydroxylation is 1. The predicted octanol–water partition coefficient (Wildman–Crippen LogP) is 1.33. The molecular formula is C12H18N2O. The van der Waals surface area contributed by atoms with Crippen LogP contribution in [0.2, 0.25) is 0 Å². The molecule has 3 N–H and O–H groups in total. The van der Waals surface area contributed by atoms with Crippen LogP contribution in [0.25, 0.3) is 0 Å². The van der Waals surface area contributed by atoms with Gasteiger partial charge in [-0.05, 0) is 31.0 Å². The number of carbonyl (C=O) groups excluding carboxylic acids is 1. The van der Waals surface area contributed by atoms with E-state index in [9.17, 15) is 4.79 Å². The van der Waals surface area contributed by atoms with E-state index in [1.807, 2.05) is 31.2 Å². The van der Waals surface area contributed by atoms with Gasteiger partial charge in [-0.3, -0.25) is 4.79 Å². The molecule has 0 saturated carbocycles. The van der Waals surface area contributed by atoms with Crippen molar-refractivity contribution in [1.82, 2.24) is 5.32 Å². The Labute approximate surface area is 90.7 Å². The standard InChI is InChI=1S/C12H18N2O/c1-3-10-4-6-11(7-5-10)12(15)14-9(2)8-13/h4-7,9H,3,8,13H2,1-2H3,(H,14,15)/t9-/m0/s1. The molecule has 0 aliphatic heterocycles. The summed E-state index contributed by atoms with van der Waals surface area (Å²) >= 11 is 0. The molecule has 82 valence electrons. The zero-order chi connectivity index (χ0) is 11.3. The van der Waals surface area contributed by atoms with Crippen molar-refractivity contribution in [2.45, 2.75) is 26.3 Å². The molecule has 0 radical (unpaired) electrons. The van der Waals surface area contributed by atoms with Crippen molar-refractivity contribution in [3.8, 4) is 0 Å². The van der Waals surface area contributed by atoms with E-state index in [1.165, 1.54) is 5.56 Å². The number of rotatable bonds is 4. The second-order valence-electron chi connectivity index (χ2n) is 3.66. The van der Waals surface area contributed by atoms with Gasteiger partial charge in [0, 0.05) is 18.2 Å². The highest BCUT2D eigenvalue weighted by atomic mass is 16.1. The molecule has 0 unspecified atom stereocenters. The minimum Gasteiger partial charge on any atom is -0.348 e. The van der Waals surface area contributed by atoms with Gasteiger partial charge in [-0.15, -0.1) is 0 Å². The van der Waals surface area contributed by atoms with Gasteiger partial charge in [0.05, 0.1) is 0 Å². The third-order valence-corrected chi connectivity index (χ3v) is 2.36. The molecule has 0 heterocycles. The van der Waals surface area contributed by atoms with E-state index in [0.717, 1.165) is 6.42 Å². The van der Waals surface area contributed by atoms with E-state index >= 15 is 0 Å². The number of nitrogens with one attached hydrogen (secondary N) is 1. The molecule has 0 aromatic heterocycles. The van der Waals surface area contributed by atoms with E-state index in [0.29, 0.717) is 12.1 Å². The number of hydrogen-bond donors (Lipinski definition) is 2. The molecule has 15 heavy (non-hydrogen) atoms. The van der Waals surface area contributed by atoms with Gasteiger partial charge >= 0.3 is 0 Å². The summed E-state index contributed by atoms with van der Waals surface area (Å²) in [7, 11) is 0. The molecule has 0 spiro atoms. The Kier molecular flexibility index (Phi) is 4.31. The molecule has 0 bridgehead atoms. The third kappa shape index (κ3) is 3.36. The SMILES string of the molecule is CCc1ccc(C(=O)N[C@@H](C)CN)cc1. The number of nitrogens with two attached hydrogens (primary N) is 1. The van der Waals surface area contributed by atoms with Gasteiger partial charge in [0.2, 0.25) is 0 Å². The molecule has 0 aliphatic rings. The zero-order valence-corrected chi connectivity index (χ0v) is 9.29. The number of benzene rings is 1. The Hall–Kier alpha value is -1.35. The Morgan fingerprint density at radius 2 is 2.00 bits per heavy atom. The third-order valence-electron chi connectivity index (χ3n) is 2.36. The molecular weight excluding hydrogens is 188 g/mol. The fraction of sp³-hybridized carbons (Fsp3) is 0.417. The first-order chi connectivity index (χ1) is 7.17. The number of amides is 1. The maximum Gasteiger partial charge on any atom is 0.251 e. The monoisotopic (exact) mass is 206 g/mol. The fourth-order valence-corrected chi connectivity index (χ4v) is 1.26. The summed E-state index contributed by atoms with van der Waals surface area (Å²) in [6.07, 6.45) is 0.987. The van der Waals surface area contributed by atoms with Crippen LogP contribution in [-0.2, 0) is 6.42 Å². The molecule has 1 amide bonds. The second kappa shape index (κ2) is 5.51. The molecule has 0 aliphatic carbocycles. The van der Waals surface area contributed by atoms with E-state index < -0.39 is 0 Å². The average Bonchev–Trinajstić information content (AvgIpc) is 2.29. The van der Waals surface area contributed by atoms with Gasteiger partial charge in [-0.2, -0.15) is 0 Å². The minimum absolute atomic E-state index is 0.0170. The van der Waals surface area contributed by atoms with Gasteiger partial charge in [0.25, 0.3) is 5.91 Å². The van der Waals surface area contributed by atoms with Crippen molar-refractivity contribution >= 4 is 5.91 Å². The lowest BCUT2D eigenvalue weighted by Crippen LogP contribution is -2.37. The van der Waals surface area contributed by atoms with Gasteiger partial charge in [0.1, 0.15) is 0 Å². The largest absolute Gasteiger partial charge is 0.348 e. The highest BCUT2D eigenvalue weighted by molar-refractivity contribution is 5.94. The van der Waals surface area contributed by atoms with Crippen molar-refractivity contribution in [3.05, 3.63) is 35.4 Å². The number of hydrogen-bond acceptors (Lipinski definition) is 2. The quantitative estimate of drug-likeness (QED) is 0.780. The van der Waals surface area contributed by atoms with Crippen LogP contribution in [0.15, 0.2) is 24.3 Å². The normalized spacial score (nSPS) is 12.2. The van der Waals surface area contributed by atoms with Crippen LogP contribution >= 0.6 is 0 Å². The highest BCUT2D eigenvalue weighted by Gasteiger charge is 2.07. The Balaban J connectivity index is 2.66. The molecule has 1 rings (SSSR count). The molecule has 0 saturated heterocycles. The molecule has 1 aromatic rings. The smallest absolute Gasteiger partial charge is 0.251 e. The summed E-state index contributed by atoms with van der Waals surface area (Å²) in [6, 6.07) is 7.65. The predicted molar refractivity (Wildman–Crippen MR) is 61.8 cm³/mol. The van der Waals surface area contributed by atoms with Crippen LogP contribution in [-0.4, -0.2) is 18.5 Å². The first-order valence-electron chi connectivity index (χ1n) is 5.27. The van der Waals surface area contributed by atoms with E-state index in [-0.39, 0.29) is 11.9 Å². The lowest BCUT2D eigenvalue weighted by atomic mass is 10.1. The molecule has 0 fully saturated rings. The van der Waals surface area contributed by atoms with Crippen LogP contribution in [0.4, 0.5) is 0 Å². The van der Waals surface area contributed by atoms with Crippen molar-refractivity contribution < 1.29 is 4.79 Å². The summed E-state index contributed by atoms with van der Waals surface area (Å²) in [5.74, 6) is -0.0596. The topological polar surface area (TPSA) is 55.1 Å². The highest BCUT2D eigenvalue weighted by Crippen LogP contribution is 2.05. The zero-order valence-electron chi connectivity index (χ0n) is 9.29. The van der Waals surface area contributed by atoms with Crippen molar-refractivity contribution in [2.24, 2.45) is 5.73 Å². The molecule has 1 atom stereocenters. The van der Waals surface area contributed by atoms with Crippen LogP contribution in [0, 0.1) is 0 Å². The van der Waals surface area contributed by atoms with Crippen molar-refractivity contribution in [3.63, 3.8) is 0 Å². The van der Waals surface area contributed by atoms with Crippen LogP contribution < -0.4 is 11.1 Å². The van der Waals surface area contributed by atoms with Gasteiger partial charge in [-0.1, -0.05) is 19.1 Å². The van der Waals surface area contributed by atoms with E-state index in [2.05, 4.69) is 12.2 Å². The summed E-state index contributed by atoms with van der Waals surface area (Å²) in [5, 5.41) is 2.82. The first kappa shape index (κ1) is 11.7. The molecule has 3 heteroatoms. The molecule has 3 nitrogen and oxygen atoms in total. The molecule has 1 aromatic carbocycles. The van der Waals surface area contributed by atoms with Crippen LogP contribution in [0.5, 0.6) is 0 Å². The van der Waals surface area contributed by atoms with Crippen LogP contribution in [0.1, 0.15) is 29.8 Å². The lowest BCUT2D eigenvalue weighted by molar-refractivity contribution is 0.0941. The number of carbonyl (C=O) groups is 1. The van der Waals surface area contributed by atoms with Gasteiger partial charge < -0.3 is 11.1 Å². The summed E-state index contributed by atoms with van der Waals surface area (Å²) < 4.78 is 0. The summed E-state index contributed by atoms with van der Waals surface area (Å²) in [4.78, 5) is 11.6. The minimum atomic E-state index is -0.0596. The summed E-state index contributed by atoms with van der Waals surface area (Å²) in [6.45, 7) is 4.43.